The van der Waals surface area contributed by atoms with Crippen LogP contribution in [0.4, 0.5) is 5.69 Å². The van der Waals surface area contributed by atoms with E-state index in [-0.39, 0.29) is 43.6 Å². The molecular weight excluding hydrogens is 441 g/mol. The first-order chi connectivity index (χ1) is 14.9. The summed E-state index contributed by atoms with van der Waals surface area (Å²) >= 11 is 11.9. The predicted molar refractivity (Wildman–Crippen MR) is 120 cm³/mol. The van der Waals surface area contributed by atoms with Crippen LogP contribution >= 0.6 is 23.2 Å². The normalized spacial score (nSPS) is 13.0. The van der Waals surface area contributed by atoms with E-state index in [1.807, 2.05) is 0 Å². The number of rotatable bonds is 6. The van der Waals surface area contributed by atoms with Crippen LogP contribution in [0.5, 0.6) is 0 Å². The zero-order valence-corrected chi connectivity index (χ0v) is 17.9. The highest BCUT2D eigenvalue weighted by Crippen LogP contribution is 2.32. The van der Waals surface area contributed by atoms with Crippen LogP contribution in [0.1, 0.15) is 21.5 Å². The Morgan fingerprint density at radius 1 is 1.13 bits per heavy atom. The number of β-amino-alcohol motifs (C(OH)–C–C–N with tert-alkyl or cyclic N) is 1. The first kappa shape index (κ1) is 21.4. The molecule has 0 unspecified atom stereocenters. The Labute approximate surface area is 187 Å². The van der Waals surface area contributed by atoms with Gasteiger partial charge in [-0.3, -0.25) is 14.4 Å². The third kappa shape index (κ3) is 4.04. The second-order valence-electron chi connectivity index (χ2n) is 7.22. The van der Waals surface area contributed by atoms with E-state index in [9.17, 15) is 19.5 Å². The number of pyridine rings is 1. The number of alkyl halides is 1. The molecule has 160 valence electrons. The summed E-state index contributed by atoms with van der Waals surface area (Å²) in [7, 11) is 0. The molecule has 2 N–H and O–H groups in total. The largest absolute Gasteiger partial charge is 0.395 e. The number of amides is 2. The number of hydrogen-bond donors (Lipinski definition) is 2. The molecule has 1 aromatic heterocycles. The van der Waals surface area contributed by atoms with E-state index in [2.05, 4.69) is 5.32 Å². The molecule has 1 aliphatic heterocycles. The number of carbonyl (C=O) groups is 2. The van der Waals surface area contributed by atoms with Gasteiger partial charge in [0.25, 0.3) is 5.91 Å². The van der Waals surface area contributed by atoms with Crippen molar-refractivity contribution in [3.8, 4) is 0 Å². The molecule has 9 heteroatoms. The van der Waals surface area contributed by atoms with Gasteiger partial charge < -0.3 is 19.9 Å². The summed E-state index contributed by atoms with van der Waals surface area (Å²) in [6, 6.07) is 10.4. The number of halogens is 2. The lowest BCUT2D eigenvalue weighted by Gasteiger charge is -2.30. The van der Waals surface area contributed by atoms with Crippen LogP contribution in [0, 0.1) is 0 Å². The Balaban J connectivity index is 1.77. The van der Waals surface area contributed by atoms with Crippen molar-refractivity contribution in [1.82, 2.24) is 9.88 Å². The standard InChI is InChI=1S/C22H19Cl2N3O4/c23-9-14-7-16-20-18(8-14)27(5-6-28)19(29)12-26(20)11-17(21(16)30)22(31)25-10-13-1-3-15(24)4-2-13/h1-4,7-8,11,28H,5-6,9-10,12H2,(H,25,31). The summed E-state index contributed by atoms with van der Waals surface area (Å²) in [4.78, 5) is 40.1. The van der Waals surface area contributed by atoms with Gasteiger partial charge in [-0.05, 0) is 35.4 Å². The molecule has 0 fully saturated rings. The fourth-order valence-electron chi connectivity index (χ4n) is 3.74. The number of nitrogens with zero attached hydrogens (tertiary/aromatic N) is 2. The SMILES string of the molecule is O=C(NCc1ccc(Cl)cc1)c1cn2c3c(cc(CCl)cc3c1=O)N(CCO)C(=O)C2. The Morgan fingerprint density at radius 3 is 2.55 bits per heavy atom. The highest BCUT2D eigenvalue weighted by atomic mass is 35.5. The average Bonchev–Trinajstić information content (AvgIpc) is 2.77. The third-order valence-electron chi connectivity index (χ3n) is 5.20. The molecule has 3 aromatic rings. The van der Waals surface area contributed by atoms with E-state index in [0.29, 0.717) is 27.2 Å². The van der Waals surface area contributed by atoms with Crippen molar-refractivity contribution in [1.29, 1.82) is 0 Å². The quantitative estimate of drug-likeness (QED) is 0.554. The minimum Gasteiger partial charge on any atom is -0.395 e. The minimum atomic E-state index is -0.534. The van der Waals surface area contributed by atoms with Crippen molar-refractivity contribution in [2.24, 2.45) is 0 Å². The molecule has 0 saturated heterocycles. The second-order valence-corrected chi connectivity index (χ2v) is 7.93. The van der Waals surface area contributed by atoms with Crippen LogP contribution in [0.2, 0.25) is 5.02 Å². The fraction of sp³-hybridized carbons (Fsp3) is 0.227. The van der Waals surface area contributed by atoms with Gasteiger partial charge in [-0.15, -0.1) is 11.6 Å². The molecule has 31 heavy (non-hydrogen) atoms. The molecule has 0 atom stereocenters. The molecule has 0 saturated carbocycles. The Kier molecular flexibility index (Phi) is 6.00. The molecule has 7 nitrogen and oxygen atoms in total. The smallest absolute Gasteiger partial charge is 0.257 e. The van der Waals surface area contributed by atoms with Crippen LogP contribution in [0.25, 0.3) is 10.9 Å². The van der Waals surface area contributed by atoms with Crippen molar-refractivity contribution in [3.63, 3.8) is 0 Å². The van der Waals surface area contributed by atoms with Crippen LogP contribution in [-0.4, -0.2) is 34.6 Å². The summed E-state index contributed by atoms with van der Waals surface area (Å²) < 4.78 is 1.61. The Hall–Kier alpha value is -2.87. The molecule has 0 spiro atoms. The van der Waals surface area contributed by atoms with Crippen LogP contribution in [-0.2, 0) is 23.8 Å². The lowest BCUT2D eigenvalue weighted by molar-refractivity contribution is -0.119. The van der Waals surface area contributed by atoms with Gasteiger partial charge in [-0.25, -0.2) is 0 Å². The predicted octanol–water partition coefficient (Wildman–Crippen LogP) is 2.66. The molecule has 1 aliphatic rings. The highest BCUT2D eigenvalue weighted by molar-refractivity contribution is 6.30. The maximum absolute atomic E-state index is 13.2. The first-order valence-electron chi connectivity index (χ1n) is 9.63. The van der Waals surface area contributed by atoms with Gasteiger partial charge in [0.1, 0.15) is 12.1 Å². The van der Waals surface area contributed by atoms with Crippen LogP contribution in [0.3, 0.4) is 0 Å². The third-order valence-corrected chi connectivity index (χ3v) is 5.76. The van der Waals surface area contributed by atoms with Gasteiger partial charge in [0.15, 0.2) is 0 Å². The van der Waals surface area contributed by atoms with Gasteiger partial charge in [-0.2, -0.15) is 0 Å². The van der Waals surface area contributed by atoms with Crippen LogP contribution < -0.4 is 15.6 Å². The van der Waals surface area contributed by atoms with Crippen molar-refractivity contribution >= 4 is 51.6 Å². The van der Waals surface area contributed by atoms with Crippen molar-refractivity contribution in [3.05, 3.63) is 74.5 Å². The fourth-order valence-corrected chi connectivity index (χ4v) is 4.02. The van der Waals surface area contributed by atoms with Gasteiger partial charge in [0.05, 0.1) is 17.8 Å². The topological polar surface area (TPSA) is 91.6 Å². The van der Waals surface area contributed by atoms with Crippen molar-refractivity contribution in [2.75, 3.05) is 18.1 Å². The summed E-state index contributed by atoms with van der Waals surface area (Å²) in [6.07, 6.45) is 1.42. The summed E-state index contributed by atoms with van der Waals surface area (Å²) in [5.74, 6) is -0.643. The van der Waals surface area contributed by atoms with Gasteiger partial charge in [0.2, 0.25) is 11.3 Å². The van der Waals surface area contributed by atoms with Crippen molar-refractivity contribution < 1.29 is 14.7 Å². The monoisotopic (exact) mass is 459 g/mol. The maximum atomic E-state index is 13.2. The van der Waals surface area contributed by atoms with E-state index in [4.69, 9.17) is 23.2 Å². The van der Waals surface area contributed by atoms with E-state index in [0.717, 1.165) is 5.56 Å². The molecule has 0 radical (unpaired) electrons. The molecule has 2 amide bonds. The Bertz CT molecular complexity index is 1240. The zero-order valence-electron chi connectivity index (χ0n) is 16.4. The number of hydrogen-bond acceptors (Lipinski definition) is 4. The van der Waals surface area contributed by atoms with Gasteiger partial charge >= 0.3 is 0 Å². The molecule has 2 heterocycles. The highest BCUT2D eigenvalue weighted by Gasteiger charge is 2.28. The summed E-state index contributed by atoms with van der Waals surface area (Å²) in [5.41, 5.74) is 2.03. The van der Waals surface area contributed by atoms with Gasteiger partial charge in [0, 0.05) is 35.6 Å². The molecule has 0 aliphatic carbocycles. The molecule has 0 bridgehead atoms. The number of aliphatic hydroxyl groups is 1. The lowest BCUT2D eigenvalue weighted by Crippen LogP contribution is -2.41. The average molecular weight is 460 g/mol. The lowest BCUT2D eigenvalue weighted by atomic mass is 10.0. The van der Waals surface area contributed by atoms with E-state index < -0.39 is 11.3 Å². The second kappa shape index (κ2) is 8.70. The number of benzene rings is 2. The number of anilines is 1. The summed E-state index contributed by atoms with van der Waals surface area (Å²) in [6.45, 7) is 0.0794. The van der Waals surface area contributed by atoms with E-state index in [1.165, 1.54) is 11.1 Å². The zero-order chi connectivity index (χ0) is 22.1. The number of aliphatic hydroxyl groups excluding tert-OH is 1. The minimum absolute atomic E-state index is 0.0402. The first-order valence-corrected chi connectivity index (χ1v) is 10.5. The van der Waals surface area contributed by atoms with Gasteiger partial charge in [-0.1, -0.05) is 23.7 Å². The molecular formula is C22H19Cl2N3O4. The Morgan fingerprint density at radius 2 is 1.87 bits per heavy atom. The maximum Gasteiger partial charge on any atom is 0.257 e. The number of nitrogens with one attached hydrogen (secondary N) is 1. The molecule has 2 aromatic carbocycles. The number of aromatic nitrogens is 1. The molecule has 4 rings (SSSR count). The summed E-state index contributed by atoms with van der Waals surface area (Å²) in [5, 5.41) is 13.0. The van der Waals surface area contributed by atoms with E-state index in [1.54, 1.807) is 41.0 Å². The number of carbonyl (C=O) groups excluding carboxylic acids is 2. The van der Waals surface area contributed by atoms with Crippen LogP contribution in [0.15, 0.2) is 47.4 Å². The van der Waals surface area contributed by atoms with E-state index >= 15 is 0 Å². The van der Waals surface area contributed by atoms with Crippen molar-refractivity contribution in [2.45, 2.75) is 19.0 Å².